The van der Waals surface area contributed by atoms with E-state index >= 15 is 0 Å². The van der Waals surface area contributed by atoms with E-state index in [1.165, 1.54) is 5.56 Å². The zero-order chi connectivity index (χ0) is 15.9. The fraction of sp³-hybridized carbons (Fsp3) is 0.611. The highest BCUT2D eigenvalue weighted by atomic mass is 16.5. The van der Waals surface area contributed by atoms with Crippen molar-refractivity contribution >= 4 is 5.91 Å². The lowest BCUT2D eigenvalue weighted by Gasteiger charge is -2.29. The summed E-state index contributed by atoms with van der Waals surface area (Å²) in [6.45, 7) is 9.92. The van der Waals surface area contributed by atoms with E-state index in [0.29, 0.717) is 6.61 Å². The number of rotatable bonds is 6. The Bertz CT molecular complexity index is 462. The number of nitrogens with one attached hydrogen (secondary N) is 2. The monoisotopic (exact) mass is 305 g/mol. The molecule has 0 atom stereocenters. The van der Waals surface area contributed by atoms with Gasteiger partial charge in [0.15, 0.2) is 0 Å². The van der Waals surface area contributed by atoms with Crippen LogP contribution in [0.3, 0.4) is 0 Å². The van der Waals surface area contributed by atoms with Gasteiger partial charge in [0.25, 0.3) is 0 Å². The number of ether oxygens (including phenoxy) is 1. The van der Waals surface area contributed by atoms with Crippen molar-refractivity contribution in [1.29, 1.82) is 0 Å². The summed E-state index contributed by atoms with van der Waals surface area (Å²) in [6, 6.07) is 8.62. The molecule has 0 radical (unpaired) electrons. The Hall–Kier alpha value is -1.55. The minimum Gasteiger partial charge on any atom is -0.494 e. The molecule has 1 fully saturated rings. The van der Waals surface area contributed by atoms with Gasteiger partial charge in [-0.1, -0.05) is 0 Å². The largest absolute Gasteiger partial charge is 0.494 e. The lowest BCUT2D eigenvalue weighted by atomic mass is 9.95. The smallest absolute Gasteiger partial charge is 0.223 e. The van der Waals surface area contributed by atoms with Crippen LogP contribution in [-0.2, 0) is 11.3 Å². The van der Waals surface area contributed by atoms with E-state index in [0.717, 1.165) is 38.2 Å². The average molecular weight is 305 g/mol. The Morgan fingerprint density at radius 2 is 1.91 bits per heavy atom. The van der Waals surface area contributed by atoms with Gasteiger partial charge in [-0.3, -0.25) is 4.79 Å². The molecule has 1 amide bonds. The quantitative estimate of drug-likeness (QED) is 0.834. The van der Waals surface area contributed by atoms with Crippen LogP contribution >= 0.6 is 0 Å². The molecule has 2 N–H and O–H groups in total. The molecule has 0 aromatic heterocycles. The number of piperidine rings is 1. The van der Waals surface area contributed by atoms with Crippen LogP contribution in [0.15, 0.2) is 24.3 Å². The maximum Gasteiger partial charge on any atom is 0.223 e. The van der Waals surface area contributed by atoms with E-state index in [-0.39, 0.29) is 17.9 Å². The number of hydrogen-bond donors (Lipinski definition) is 2. The molecule has 0 aliphatic carbocycles. The third-order valence-electron chi connectivity index (χ3n) is 4.18. The molecular formula is C18H29N2O2+. The second-order valence-electron chi connectivity index (χ2n) is 6.44. The molecule has 4 nitrogen and oxygen atoms in total. The first kappa shape index (κ1) is 16.8. The second kappa shape index (κ2) is 8.18. The lowest BCUT2D eigenvalue weighted by Crippen LogP contribution is -3.11. The van der Waals surface area contributed by atoms with Gasteiger partial charge >= 0.3 is 0 Å². The lowest BCUT2D eigenvalue weighted by molar-refractivity contribution is -0.919. The van der Waals surface area contributed by atoms with Gasteiger partial charge in [-0.2, -0.15) is 0 Å². The van der Waals surface area contributed by atoms with Crippen LogP contribution in [0.5, 0.6) is 5.75 Å². The van der Waals surface area contributed by atoms with Gasteiger partial charge in [0, 0.05) is 30.4 Å². The minimum absolute atomic E-state index is 0.200. The highest BCUT2D eigenvalue weighted by Gasteiger charge is 2.27. The molecule has 1 aliphatic rings. The summed E-state index contributed by atoms with van der Waals surface area (Å²) in [7, 11) is 0. The standard InChI is InChI=1S/C18H28N2O2/c1-4-22-17-7-5-15(6-8-17)13-20-11-9-16(10-12-20)18(21)19-14(2)3/h5-8,14,16H,4,9-13H2,1-3H3,(H,19,21)/p+1. The van der Waals surface area contributed by atoms with Crippen molar-refractivity contribution < 1.29 is 14.4 Å². The predicted molar refractivity (Wildman–Crippen MR) is 88.0 cm³/mol. The van der Waals surface area contributed by atoms with E-state index in [2.05, 4.69) is 17.4 Å². The number of carbonyl (C=O) groups excluding carboxylic acids is 1. The van der Waals surface area contributed by atoms with Gasteiger partial charge in [-0.05, 0) is 45.0 Å². The minimum atomic E-state index is 0.200. The van der Waals surface area contributed by atoms with Gasteiger partial charge in [-0.15, -0.1) is 0 Å². The first-order valence-corrected chi connectivity index (χ1v) is 8.44. The zero-order valence-corrected chi connectivity index (χ0v) is 14.0. The maximum absolute atomic E-state index is 12.0. The normalized spacial score (nSPS) is 21.6. The fourth-order valence-corrected chi connectivity index (χ4v) is 3.03. The third-order valence-corrected chi connectivity index (χ3v) is 4.18. The van der Waals surface area contributed by atoms with Gasteiger partial charge in [0.2, 0.25) is 5.91 Å². The number of amides is 1. The average Bonchev–Trinajstić information content (AvgIpc) is 2.49. The molecule has 1 aromatic rings. The maximum atomic E-state index is 12.0. The van der Waals surface area contributed by atoms with Crippen molar-refractivity contribution in [3.63, 3.8) is 0 Å². The van der Waals surface area contributed by atoms with Crippen LogP contribution in [0.4, 0.5) is 0 Å². The Kier molecular flexibility index (Phi) is 6.25. The van der Waals surface area contributed by atoms with Crippen molar-refractivity contribution in [2.75, 3.05) is 19.7 Å². The van der Waals surface area contributed by atoms with Crippen LogP contribution in [0.25, 0.3) is 0 Å². The molecule has 0 bridgehead atoms. The Morgan fingerprint density at radius 3 is 2.45 bits per heavy atom. The van der Waals surface area contributed by atoms with E-state index in [9.17, 15) is 4.79 Å². The number of carbonyl (C=O) groups is 1. The summed E-state index contributed by atoms with van der Waals surface area (Å²) in [5.74, 6) is 1.37. The first-order valence-electron chi connectivity index (χ1n) is 8.44. The van der Waals surface area contributed by atoms with Gasteiger partial charge < -0.3 is 15.0 Å². The molecule has 1 saturated heterocycles. The predicted octanol–water partition coefficient (Wildman–Crippen LogP) is 1.40. The molecule has 1 aromatic carbocycles. The summed E-state index contributed by atoms with van der Waals surface area (Å²) >= 11 is 0. The molecular weight excluding hydrogens is 276 g/mol. The summed E-state index contributed by atoms with van der Waals surface area (Å²) in [6.07, 6.45) is 1.98. The van der Waals surface area contributed by atoms with E-state index in [4.69, 9.17) is 4.74 Å². The molecule has 0 spiro atoms. The zero-order valence-electron chi connectivity index (χ0n) is 14.0. The Morgan fingerprint density at radius 1 is 1.27 bits per heavy atom. The highest BCUT2D eigenvalue weighted by Crippen LogP contribution is 2.13. The molecule has 0 unspecified atom stereocenters. The van der Waals surface area contributed by atoms with Crippen LogP contribution in [-0.4, -0.2) is 31.6 Å². The second-order valence-corrected chi connectivity index (χ2v) is 6.44. The molecule has 122 valence electrons. The molecule has 1 aliphatic heterocycles. The van der Waals surface area contributed by atoms with Crippen LogP contribution < -0.4 is 15.0 Å². The summed E-state index contributed by atoms with van der Waals surface area (Å²) in [5.41, 5.74) is 1.34. The van der Waals surface area contributed by atoms with E-state index < -0.39 is 0 Å². The van der Waals surface area contributed by atoms with Crippen LogP contribution in [0.2, 0.25) is 0 Å². The molecule has 0 saturated carbocycles. The van der Waals surface area contributed by atoms with Gasteiger partial charge in [-0.25, -0.2) is 0 Å². The van der Waals surface area contributed by atoms with Crippen LogP contribution in [0.1, 0.15) is 39.2 Å². The summed E-state index contributed by atoms with van der Waals surface area (Å²) < 4.78 is 5.47. The van der Waals surface area contributed by atoms with Gasteiger partial charge in [0.05, 0.1) is 19.7 Å². The van der Waals surface area contributed by atoms with Gasteiger partial charge in [0.1, 0.15) is 12.3 Å². The first-order chi connectivity index (χ1) is 10.6. The van der Waals surface area contributed by atoms with Crippen molar-refractivity contribution in [3.8, 4) is 5.75 Å². The van der Waals surface area contributed by atoms with Crippen molar-refractivity contribution in [2.24, 2.45) is 5.92 Å². The molecule has 2 rings (SSSR count). The topological polar surface area (TPSA) is 42.8 Å². The van der Waals surface area contributed by atoms with E-state index in [1.54, 1.807) is 4.90 Å². The number of benzene rings is 1. The van der Waals surface area contributed by atoms with Crippen LogP contribution in [0, 0.1) is 5.92 Å². The SMILES string of the molecule is CCOc1ccc(C[NH+]2CCC(C(=O)NC(C)C)CC2)cc1. The third kappa shape index (κ3) is 5.02. The summed E-state index contributed by atoms with van der Waals surface area (Å²) in [5, 5.41) is 3.03. The Balaban J connectivity index is 1.78. The highest BCUT2D eigenvalue weighted by molar-refractivity contribution is 5.78. The molecule has 1 heterocycles. The van der Waals surface area contributed by atoms with Crippen molar-refractivity contribution in [1.82, 2.24) is 5.32 Å². The summed E-state index contributed by atoms with van der Waals surface area (Å²) in [4.78, 5) is 13.6. The fourth-order valence-electron chi connectivity index (χ4n) is 3.03. The molecule has 4 heteroatoms. The molecule has 22 heavy (non-hydrogen) atoms. The van der Waals surface area contributed by atoms with E-state index in [1.807, 2.05) is 32.9 Å². The van der Waals surface area contributed by atoms with Crippen molar-refractivity contribution in [2.45, 2.75) is 46.2 Å². The number of hydrogen-bond acceptors (Lipinski definition) is 2. The number of quaternary nitrogens is 1. The Labute approximate surface area is 133 Å². The van der Waals surface area contributed by atoms with Crippen molar-refractivity contribution in [3.05, 3.63) is 29.8 Å². The number of likely N-dealkylation sites (tertiary alicyclic amines) is 1.